The molecule has 0 bridgehead atoms. The molecule has 1 atom stereocenters. The summed E-state index contributed by atoms with van der Waals surface area (Å²) in [4.78, 5) is 11.7. The van der Waals surface area contributed by atoms with Crippen LogP contribution in [0.15, 0.2) is 23.1 Å². The zero-order valence-electron chi connectivity index (χ0n) is 14.5. The van der Waals surface area contributed by atoms with Crippen LogP contribution in [0.25, 0.3) is 0 Å². The molecule has 0 radical (unpaired) electrons. The third kappa shape index (κ3) is 3.10. The number of sulfonamides is 1. The zero-order chi connectivity index (χ0) is 19.2. The van der Waals surface area contributed by atoms with Gasteiger partial charge >= 0.3 is 5.97 Å². The summed E-state index contributed by atoms with van der Waals surface area (Å²) in [5.41, 5.74) is 0.802. The lowest BCUT2D eigenvalue weighted by Crippen LogP contribution is -2.50. The molecule has 26 heavy (non-hydrogen) atoms. The number of hydrogen-bond acceptors (Lipinski definition) is 5. The number of aryl methyl sites for hydroxylation is 1. The van der Waals surface area contributed by atoms with Crippen LogP contribution < -0.4 is 0 Å². The lowest BCUT2D eigenvalue weighted by Gasteiger charge is -2.32. The molecule has 1 aliphatic heterocycles. The average Bonchev–Trinajstić information content (AvgIpc) is 2.94. The van der Waals surface area contributed by atoms with Gasteiger partial charge in [-0.3, -0.25) is 4.79 Å². The monoisotopic (exact) mass is 398 g/mol. The normalized spacial score (nSPS) is 18.1. The molecular weight excluding hydrogens is 380 g/mol. The third-order valence-corrected chi connectivity index (χ3v) is 6.84. The number of carbonyl (C=O) groups is 1. The SMILES string of the molecule is Cc1nnc2n1CC(C(=O)O)N(S(=O)(=O)c1cc(C(C)C)ccc1Cl)C2. The Balaban J connectivity index is 2.11. The Kier molecular flexibility index (Phi) is 4.80. The van der Waals surface area contributed by atoms with Gasteiger partial charge in [-0.15, -0.1) is 10.2 Å². The molecule has 8 nitrogen and oxygen atoms in total. The van der Waals surface area contributed by atoms with E-state index in [1.807, 2.05) is 13.8 Å². The van der Waals surface area contributed by atoms with Crippen molar-refractivity contribution in [1.82, 2.24) is 19.1 Å². The second-order valence-electron chi connectivity index (χ2n) is 6.52. The zero-order valence-corrected chi connectivity index (χ0v) is 16.1. The lowest BCUT2D eigenvalue weighted by molar-refractivity contribution is -0.142. The molecule has 0 aliphatic carbocycles. The maximum Gasteiger partial charge on any atom is 0.323 e. The van der Waals surface area contributed by atoms with E-state index in [9.17, 15) is 18.3 Å². The minimum atomic E-state index is -4.14. The fourth-order valence-electron chi connectivity index (χ4n) is 2.95. The number of hydrogen-bond donors (Lipinski definition) is 1. The van der Waals surface area contributed by atoms with E-state index in [0.29, 0.717) is 11.6 Å². The van der Waals surface area contributed by atoms with Gasteiger partial charge in [-0.2, -0.15) is 4.31 Å². The van der Waals surface area contributed by atoms with Gasteiger partial charge in [0.15, 0.2) is 0 Å². The fraction of sp³-hybridized carbons (Fsp3) is 0.438. The molecular formula is C16H19ClN4O4S. The number of nitrogens with zero attached hydrogens (tertiary/aromatic N) is 4. The van der Waals surface area contributed by atoms with Crippen LogP contribution in [0.4, 0.5) is 0 Å². The molecule has 0 fully saturated rings. The van der Waals surface area contributed by atoms with Crippen molar-refractivity contribution in [3.05, 3.63) is 40.4 Å². The van der Waals surface area contributed by atoms with E-state index in [-0.39, 0.29) is 28.9 Å². The number of halogens is 1. The van der Waals surface area contributed by atoms with Crippen LogP contribution in [0.5, 0.6) is 0 Å². The molecule has 0 saturated carbocycles. The first-order valence-electron chi connectivity index (χ1n) is 8.05. The van der Waals surface area contributed by atoms with Gasteiger partial charge in [-0.05, 0) is 30.5 Å². The molecule has 0 spiro atoms. The quantitative estimate of drug-likeness (QED) is 0.844. The Hall–Kier alpha value is -1.97. The Labute approximate surface area is 156 Å². The number of fused-ring (bicyclic) bond motifs is 1. The molecule has 0 saturated heterocycles. The summed E-state index contributed by atoms with van der Waals surface area (Å²) >= 11 is 6.15. The molecule has 2 aromatic rings. The largest absolute Gasteiger partial charge is 0.480 e. The van der Waals surface area contributed by atoms with Crippen LogP contribution in [0.1, 0.15) is 37.0 Å². The highest BCUT2D eigenvalue weighted by atomic mass is 35.5. The fourth-order valence-corrected chi connectivity index (χ4v) is 4.99. The summed E-state index contributed by atoms with van der Waals surface area (Å²) in [6.07, 6.45) is 0. The second kappa shape index (κ2) is 6.64. The van der Waals surface area contributed by atoms with Gasteiger partial charge in [0.2, 0.25) is 10.0 Å². The van der Waals surface area contributed by atoms with E-state index in [2.05, 4.69) is 10.2 Å². The Morgan fingerprint density at radius 1 is 1.35 bits per heavy atom. The first-order valence-corrected chi connectivity index (χ1v) is 9.87. The van der Waals surface area contributed by atoms with E-state index >= 15 is 0 Å². The molecule has 0 amide bonds. The van der Waals surface area contributed by atoms with Crippen LogP contribution in [-0.4, -0.2) is 44.6 Å². The predicted molar refractivity (Wildman–Crippen MR) is 94.5 cm³/mol. The molecule has 2 heterocycles. The van der Waals surface area contributed by atoms with Crippen molar-refractivity contribution >= 4 is 27.6 Å². The second-order valence-corrected chi connectivity index (χ2v) is 8.79. The molecule has 1 aliphatic rings. The van der Waals surface area contributed by atoms with E-state index < -0.39 is 22.0 Å². The number of benzene rings is 1. The highest BCUT2D eigenvalue weighted by Crippen LogP contribution is 2.32. The standard InChI is InChI=1S/C16H19ClN4O4S/c1-9(2)11-4-5-12(17)14(6-11)26(24,25)21-8-15-19-18-10(3)20(15)7-13(21)16(22)23/h4-6,9,13H,7-8H2,1-3H3,(H,22,23). The number of carboxylic acid groups (broad SMARTS) is 1. The van der Waals surface area contributed by atoms with Crippen molar-refractivity contribution < 1.29 is 18.3 Å². The van der Waals surface area contributed by atoms with Crippen LogP contribution in [0.2, 0.25) is 5.02 Å². The van der Waals surface area contributed by atoms with Crippen molar-refractivity contribution in [2.75, 3.05) is 0 Å². The number of carboxylic acids is 1. The molecule has 1 N–H and O–H groups in total. The minimum absolute atomic E-state index is 0.0514. The Bertz CT molecular complexity index is 971. The summed E-state index contributed by atoms with van der Waals surface area (Å²) in [6.45, 7) is 5.34. The number of aromatic nitrogens is 3. The average molecular weight is 399 g/mol. The van der Waals surface area contributed by atoms with Crippen LogP contribution >= 0.6 is 11.6 Å². The van der Waals surface area contributed by atoms with Crippen molar-refractivity contribution in [3.63, 3.8) is 0 Å². The van der Waals surface area contributed by atoms with Crippen molar-refractivity contribution in [2.45, 2.75) is 50.7 Å². The van der Waals surface area contributed by atoms with E-state index in [1.165, 1.54) is 12.1 Å². The van der Waals surface area contributed by atoms with E-state index in [4.69, 9.17) is 11.6 Å². The molecule has 1 aromatic carbocycles. The van der Waals surface area contributed by atoms with Gasteiger partial charge in [-0.25, -0.2) is 8.42 Å². The maximum atomic E-state index is 13.2. The van der Waals surface area contributed by atoms with Crippen molar-refractivity contribution in [2.24, 2.45) is 0 Å². The van der Waals surface area contributed by atoms with Crippen LogP contribution in [-0.2, 0) is 27.9 Å². The van der Waals surface area contributed by atoms with Gasteiger partial charge in [0.1, 0.15) is 22.6 Å². The summed E-state index contributed by atoms with van der Waals surface area (Å²) in [5.74, 6) is -0.185. The van der Waals surface area contributed by atoms with Gasteiger partial charge < -0.3 is 9.67 Å². The summed E-state index contributed by atoms with van der Waals surface area (Å²) in [6, 6.07) is 3.53. The maximum absolute atomic E-state index is 13.2. The van der Waals surface area contributed by atoms with Crippen LogP contribution in [0, 0.1) is 6.92 Å². The molecule has 10 heteroatoms. The van der Waals surface area contributed by atoms with E-state index in [1.54, 1.807) is 17.6 Å². The minimum Gasteiger partial charge on any atom is -0.480 e. The summed E-state index contributed by atoms with van der Waals surface area (Å²) in [5, 5.41) is 17.5. The molecule has 1 aromatic heterocycles. The lowest BCUT2D eigenvalue weighted by atomic mass is 10.0. The van der Waals surface area contributed by atoms with Gasteiger partial charge in [0, 0.05) is 0 Å². The van der Waals surface area contributed by atoms with Gasteiger partial charge in [0.25, 0.3) is 0 Å². The highest BCUT2D eigenvalue weighted by molar-refractivity contribution is 7.89. The summed E-state index contributed by atoms with van der Waals surface area (Å²) in [7, 11) is -4.14. The first-order chi connectivity index (χ1) is 12.1. The smallest absolute Gasteiger partial charge is 0.323 e. The molecule has 1 unspecified atom stereocenters. The highest BCUT2D eigenvalue weighted by Gasteiger charge is 2.42. The number of aliphatic carboxylic acids is 1. The Morgan fingerprint density at radius 3 is 2.65 bits per heavy atom. The molecule has 3 rings (SSSR count). The summed E-state index contributed by atoms with van der Waals surface area (Å²) < 4.78 is 29.0. The van der Waals surface area contributed by atoms with Crippen LogP contribution in [0.3, 0.4) is 0 Å². The Morgan fingerprint density at radius 2 is 2.04 bits per heavy atom. The van der Waals surface area contributed by atoms with Gasteiger partial charge in [-0.1, -0.05) is 31.5 Å². The topological polar surface area (TPSA) is 105 Å². The van der Waals surface area contributed by atoms with Crippen molar-refractivity contribution in [3.8, 4) is 0 Å². The third-order valence-electron chi connectivity index (χ3n) is 4.51. The first kappa shape index (κ1) is 18.8. The predicted octanol–water partition coefficient (Wildman–Crippen LogP) is 2.02. The van der Waals surface area contributed by atoms with Gasteiger partial charge in [0.05, 0.1) is 18.1 Å². The number of rotatable bonds is 4. The van der Waals surface area contributed by atoms with E-state index in [0.717, 1.165) is 9.87 Å². The molecule has 140 valence electrons. The van der Waals surface area contributed by atoms with Crippen molar-refractivity contribution in [1.29, 1.82) is 0 Å².